The van der Waals surface area contributed by atoms with Crippen LogP contribution in [-0.4, -0.2) is 0 Å². The first-order valence-corrected chi connectivity index (χ1v) is 6.57. The fourth-order valence-corrected chi connectivity index (χ4v) is 4.51. The summed E-state index contributed by atoms with van der Waals surface area (Å²) in [6.45, 7) is 0. The van der Waals surface area contributed by atoms with Gasteiger partial charge >= 0.3 is 46.9 Å². The molecule has 0 aromatic heterocycles. The molecule has 0 N–H and O–H groups in total. The number of hydrogen-bond donors (Lipinski definition) is 0. The SMILES string of the molecule is O=P1([O-])OP(=O)([O-])OP(=O)([O-])O1.[Yb+3]. The van der Waals surface area contributed by atoms with Gasteiger partial charge in [0.1, 0.15) is 0 Å². The minimum atomic E-state index is -5.36. The molecule has 1 aliphatic heterocycles. The van der Waals surface area contributed by atoms with Gasteiger partial charge in [-0.15, -0.1) is 0 Å². The van der Waals surface area contributed by atoms with Crippen molar-refractivity contribution in [3.63, 3.8) is 0 Å². The van der Waals surface area contributed by atoms with Gasteiger partial charge in [0.15, 0.2) is 0 Å². The summed E-state index contributed by atoms with van der Waals surface area (Å²) in [5.41, 5.74) is 0. The molecule has 0 aromatic rings. The maximum atomic E-state index is 10.2. The Balaban J connectivity index is 0.00000144. The van der Waals surface area contributed by atoms with Crippen molar-refractivity contribution in [3.05, 3.63) is 0 Å². The van der Waals surface area contributed by atoms with E-state index in [9.17, 15) is 28.4 Å². The van der Waals surface area contributed by atoms with Gasteiger partial charge < -0.3 is 14.7 Å². The molecule has 0 unspecified atom stereocenters. The Morgan fingerprint density at radius 3 is 1.00 bits per heavy atom. The van der Waals surface area contributed by atoms with Gasteiger partial charge in [-0.1, -0.05) is 0 Å². The van der Waals surface area contributed by atoms with Crippen molar-refractivity contribution >= 4 is 23.5 Å². The number of rotatable bonds is 0. The molecule has 1 aliphatic rings. The fourth-order valence-electron chi connectivity index (χ4n) is 0.412. The summed E-state index contributed by atoms with van der Waals surface area (Å²) in [5, 5.41) is 0. The summed E-state index contributed by atoms with van der Waals surface area (Å²) in [6.07, 6.45) is 0. The molecule has 9 nitrogen and oxygen atoms in total. The van der Waals surface area contributed by atoms with E-state index in [4.69, 9.17) is 0 Å². The minimum absolute atomic E-state index is 0. The van der Waals surface area contributed by atoms with Crippen LogP contribution in [0.3, 0.4) is 0 Å². The van der Waals surface area contributed by atoms with Gasteiger partial charge in [-0.05, 0) is 0 Å². The minimum Gasteiger partial charge on any atom is -0.756 e. The van der Waals surface area contributed by atoms with Crippen LogP contribution in [0.4, 0.5) is 0 Å². The van der Waals surface area contributed by atoms with Crippen LogP contribution in [-0.2, 0) is 26.6 Å². The van der Waals surface area contributed by atoms with E-state index in [-0.39, 0.29) is 46.9 Å². The van der Waals surface area contributed by atoms with E-state index in [2.05, 4.69) is 12.9 Å². The molecule has 13 heavy (non-hydrogen) atoms. The quantitative estimate of drug-likeness (QED) is 0.433. The smallest absolute Gasteiger partial charge is 0.756 e. The van der Waals surface area contributed by atoms with Gasteiger partial charge in [0.2, 0.25) is 0 Å². The van der Waals surface area contributed by atoms with Gasteiger partial charge in [-0.25, -0.2) is 12.9 Å². The van der Waals surface area contributed by atoms with Crippen LogP contribution in [0, 0.1) is 46.9 Å². The van der Waals surface area contributed by atoms with Gasteiger partial charge in [-0.2, -0.15) is 0 Å². The fraction of sp³-hybridized carbons (Fsp3) is 0. The third-order valence-corrected chi connectivity index (χ3v) is 5.40. The molecule has 0 spiro atoms. The molecule has 0 aliphatic carbocycles. The Morgan fingerprint density at radius 1 is 0.692 bits per heavy atom. The summed E-state index contributed by atoms with van der Waals surface area (Å²) < 4.78 is 40.3. The maximum absolute atomic E-state index is 10.2. The molecule has 1 radical (unpaired) electrons. The van der Waals surface area contributed by atoms with E-state index in [0.717, 1.165) is 0 Å². The summed E-state index contributed by atoms with van der Waals surface area (Å²) in [5.74, 6) is 0. The maximum Gasteiger partial charge on any atom is 3.00 e. The molecule has 83 valence electrons. The average Bonchev–Trinajstić information content (AvgIpc) is 1.44. The second kappa shape index (κ2) is 4.45. The third-order valence-electron chi connectivity index (χ3n) is 0.600. The zero-order valence-electron chi connectivity index (χ0n) is 5.28. The van der Waals surface area contributed by atoms with E-state index < -0.39 is 23.5 Å². The van der Waals surface area contributed by atoms with Crippen molar-refractivity contribution in [3.8, 4) is 0 Å². The summed E-state index contributed by atoms with van der Waals surface area (Å²) >= 11 is 0. The molecule has 0 atom stereocenters. The van der Waals surface area contributed by atoms with E-state index >= 15 is 0 Å². The zero-order chi connectivity index (χ0) is 9.62. The Kier molecular flexibility index (Phi) is 5.13. The van der Waals surface area contributed by atoms with E-state index in [0.29, 0.717) is 0 Å². The monoisotopic (exact) mass is 411 g/mol. The standard InChI is InChI=1S/H3O9P3.Yb/c1-10(2)7-11(3,4)9-12(5,6)8-10;/h(H,1,2)(H,3,4)(H,5,6);/q;+3/p-3. The van der Waals surface area contributed by atoms with Crippen molar-refractivity contribution < 1.29 is 88.2 Å². The molecule has 1 saturated heterocycles. The first kappa shape index (κ1) is 15.0. The molecular weight excluding hydrogens is 410 g/mol. The van der Waals surface area contributed by atoms with E-state index in [1.54, 1.807) is 0 Å². The Labute approximate surface area is 110 Å². The van der Waals surface area contributed by atoms with Crippen molar-refractivity contribution in [2.75, 3.05) is 0 Å². The summed E-state index contributed by atoms with van der Waals surface area (Å²) in [4.78, 5) is 30.7. The summed E-state index contributed by atoms with van der Waals surface area (Å²) in [6, 6.07) is 0. The van der Waals surface area contributed by atoms with E-state index in [1.807, 2.05) is 0 Å². The molecule has 0 bridgehead atoms. The average molecular weight is 410 g/mol. The second-order valence-electron chi connectivity index (χ2n) is 1.59. The van der Waals surface area contributed by atoms with Crippen LogP contribution < -0.4 is 14.7 Å². The van der Waals surface area contributed by atoms with Crippen LogP contribution in [0.1, 0.15) is 0 Å². The van der Waals surface area contributed by atoms with E-state index in [1.165, 1.54) is 0 Å². The van der Waals surface area contributed by atoms with Crippen LogP contribution >= 0.6 is 23.5 Å². The first-order valence-electron chi connectivity index (χ1n) is 2.19. The van der Waals surface area contributed by atoms with Crippen LogP contribution in [0.5, 0.6) is 0 Å². The first-order chi connectivity index (χ1) is 5.12. The van der Waals surface area contributed by atoms with Gasteiger partial charge in [0.05, 0.1) is 0 Å². The number of hydrogen-bond acceptors (Lipinski definition) is 9. The number of phosphoric acid groups is 3. The van der Waals surface area contributed by atoms with Crippen LogP contribution in [0.2, 0.25) is 0 Å². The Bertz CT molecular complexity index is 259. The largest absolute Gasteiger partial charge is 3.00 e. The van der Waals surface area contributed by atoms with Crippen LogP contribution in [0.25, 0.3) is 0 Å². The van der Waals surface area contributed by atoms with Gasteiger partial charge in [-0.3, -0.25) is 13.7 Å². The molecule has 0 saturated carbocycles. The second-order valence-corrected chi connectivity index (χ2v) is 6.23. The predicted molar refractivity (Wildman–Crippen MR) is 26.1 cm³/mol. The van der Waals surface area contributed by atoms with Crippen molar-refractivity contribution in [2.45, 2.75) is 0 Å². The van der Waals surface area contributed by atoms with Gasteiger partial charge in [0.25, 0.3) is 23.5 Å². The molecule has 13 heteroatoms. The zero-order valence-corrected chi connectivity index (χ0v) is 9.68. The Morgan fingerprint density at radius 2 is 0.846 bits per heavy atom. The predicted octanol–water partition coefficient (Wildman–Crippen LogP) is -1.55. The molecule has 0 aromatic carbocycles. The normalized spacial score (nSPS) is 51.0. The molecule has 0 amide bonds. The van der Waals surface area contributed by atoms with Gasteiger partial charge in [0, 0.05) is 0 Å². The topological polar surface area (TPSA) is 148 Å². The van der Waals surface area contributed by atoms with Crippen molar-refractivity contribution in [2.24, 2.45) is 0 Å². The Hall–Kier alpha value is 1.97. The van der Waals surface area contributed by atoms with Crippen LogP contribution in [0.15, 0.2) is 0 Å². The molecule has 1 heterocycles. The van der Waals surface area contributed by atoms with Crippen molar-refractivity contribution in [1.82, 2.24) is 0 Å². The summed E-state index contributed by atoms with van der Waals surface area (Å²) in [7, 11) is -16.1. The molecular formula is O9P3Yb. The molecule has 1 rings (SSSR count). The third kappa shape index (κ3) is 5.02. The molecule has 1 fully saturated rings. The van der Waals surface area contributed by atoms with Crippen molar-refractivity contribution in [1.29, 1.82) is 0 Å².